The summed E-state index contributed by atoms with van der Waals surface area (Å²) >= 11 is 0. The summed E-state index contributed by atoms with van der Waals surface area (Å²) in [6.45, 7) is 0. The van der Waals surface area contributed by atoms with Crippen molar-refractivity contribution in [1.29, 1.82) is 0 Å². The Morgan fingerprint density at radius 2 is 1.71 bits per heavy atom. The average molecular weight is 536 g/mol. The van der Waals surface area contributed by atoms with E-state index in [-0.39, 0.29) is 11.6 Å². The minimum Gasteiger partial charge on any atom is -0.467 e. The highest BCUT2D eigenvalue weighted by atomic mass is 32.2. The van der Waals surface area contributed by atoms with E-state index in [0.29, 0.717) is 27.7 Å². The summed E-state index contributed by atoms with van der Waals surface area (Å²) < 4.78 is 62.5. The van der Waals surface area contributed by atoms with Crippen LogP contribution in [-0.2, 0) is 15.8 Å². The monoisotopic (exact) mass is 535 g/mol. The molecule has 0 bridgehead atoms. The van der Waals surface area contributed by atoms with Gasteiger partial charge in [0.15, 0.2) is 5.82 Å². The molecule has 3 heterocycles. The Kier molecular flexibility index (Phi) is 6.55. The third-order valence-electron chi connectivity index (χ3n) is 5.70. The van der Waals surface area contributed by atoms with Gasteiger partial charge in [-0.3, -0.25) is 9.52 Å². The molecule has 0 saturated carbocycles. The van der Waals surface area contributed by atoms with Gasteiger partial charge in [-0.1, -0.05) is 30.3 Å². The minimum atomic E-state index is -4.06. The summed E-state index contributed by atoms with van der Waals surface area (Å²) in [5, 5.41) is 0.303. The zero-order valence-corrected chi connectivity index (χ0v) is 20.6. The normalized spacial score (nSPS) is 11.4. The van der Waals surface area contributed by atoms with E-state index in [1.54, 1.807) is 36.4 Å². The Morgan fingerprint density at radius 1 is 1.00 bits per heavy atom. The Labute approximate surface area is 215 Å². The number of ether oxygens (including phenoxy) is 1. The Hall–Kier alpha value is -4.71. The van der Waals surface area contributed by atoms with Crippen molar-refractivity contribution in [2.75, 3.05) is 11.8 Å². The van der Waals surface area contributed by atoms with Gasteiger partial charge in [0.05, 0.1) is 24.1 Å². The molecule has 5 aromatic rings. The van der Waals surface area contributed by atoms with E-state index in [9.17, 15) is 17.6 Å². The molecule has 0 fully saturated rings. The van der Waals surface area contributed by atoms with Gasteiger partial charge in [0.2, 0.25) is 15.8 Å². The van der Waals surface area contributed by atoms with E-state index >= 15 is 4.39 Å². The van der Waals surface area contributed by atoms with E-state index < -0.39 is 44.4 Å². The van der Waals surface area contributed by atoms with Crippen LogP contribution in [0.2, 0.25) is 0 Å². The molecule has 192 valence electrons. The number of nitrogens with one attached hydrogen (secondary N) is 2. The molecule has 0 aliphatic rings. The maximum atomic E-state index is 15.4. The van der Waals surface area contributed by atoms with Crippen LogP contribution in [0.25, 0.3) is 22.2 Å². The number of methoxy groups -OCH3 is 1. The standard InChI is InChI=1S/C26H19F2N5O4S/c1-37-26-31-11-17(12-32-26)16-9-18-19(13-30-25(18)29-10-16)24(34)22-20(27)7-8-21(23(22)28)33-38(35,36)14-15-5-3-2-4-6-15/h2-13,33H,14H2,1H3,(H,29,30). The van der Waals surface area contributed by atoms with Crippen molar-refractivity contribution in [3.8, 4) is 17.1 Å². The highest BCUT2D eigenvalue weighted by Gasteiger charge is 2.26. The van der Waals surface area contributed by atoms with Gasteiger partial charge >= 0.3 is 6.01 Å². The van der Waals surface area contributed by atoms with Crippen LogP contribution in [0.15, 0.2) is 73.3 Å². The highest BCUT2D eigenvalue weighted by molar-refractivity contribution is 7.91. The van der Waals surface area contributed by atoms with E-state index in [4.69, 9.17) is 4.74 Å². The van der Waals surface area contributed by atoms with Crippen LogP contribution >= 0.6 is 0 Å². The molecule has 38 heavy (non-hydrogen) atoms. The van der Waals surface area contributed by atoms with Crippen molar-refractivity contribution < 1.29 is 26.7 Å². The largest absolute Gasteiger partial charge is 0.467 e. The first kappa shape index (κ1) is 25.0. The number of hydrogen-bond donors (Lipinski definition) is 2. The predicted octanol–water partition coefficient (Wildman–Crippen LogP) is 4.48. The van der Waals surface area contributed by atoms with Crippen LogP contribution in [0.4, 0.5) is 14.5 Å². The zero-order valence-electron chi connectivity index (χ0n) is 19.8. The number of aromatic amines is 1. The molecule has 12 heteroatoms. The molecule has 0 unspecified atom stereocenters. The number of benzene rings is 2. The number of hydrogen-bond acceptors (Lipinski definition) is 7. The fraction of sp³-hybridized carbons (Fsp3) is 0.0769. The maximum Gasteiger partial charge on any atom is 0.316 e. The molecule has 0 amide bonds. The van der Waals surface area contributed by atoms with E-state index in [1.165, 1.54) is 31.9 Å². The second kappa shape index (κ2) is 9.98. The quantitative estimate of drug-likeness (QED) is 0.281. The molecule has 0 atom stereocenters. The molecule has 2 aromatic carbocycles. The Morgan fingerprint density at radius 3 is 2.42 bits per heavy atom. The first-order chi connectivity index (χ1) is 18.3. The van der Waals surface area contributed by atoms with Gasteiger partial charge in [0.25, 0.3) is 0 Å². The summed E-state index contributed by atoms with van der Waals surface area (Å²) in [5.41, 5.74) is 0.425. The van der Waals surface area contributed by atoms with E-state index in [0.717, 1.165) is 12.1 Å². The van der Waals surface area contributed by atoms with Gasteiger partial charge < -0.3 is 9.72 Å². The van der Waals surface area contributed by atoms with Crippen molar-refractivity contribution in [1.82, 2.24) is 19.9 Å². The second-order valence-electron chi connectivity index (χ2n) is 8.24. The first-order valence-corrected chi connectivity index (χ1v) is 12.8. The van der Waals surface area contributed by atoms with Crippen LogP contribution in [-0.4, -0.2) is 41.2 Å². The number of nitrogens with zero attached hydrogens (tertiary/aromatic N) is 3. The molecule has 0 aliphatic heterocycles. The van der Waals surface area contributed by atoms with Crippen LogP contribution in [0.3, 0.4) is 0 Å². The summed E-state index contributed by atoms with van der Waals surface area (Å²) in [6, 6.07) is 11.8. The van der Waals surface area contributed by atoms with Crippen molar-refractivity contribution >= 4 is 32.5 Å². The topological polar surface area (TPSA) is 127 Å². The van der Waals surface area contributed by atoms with Crippen LogP contribution in [0, 0.1) is 11.6 Å². The number of carbonyl (C=O) groups is 1. The SMILES string of the molecule is COc1ncc(-c2cnc3[nH]cc(C(=O)c4c(F)ccc(NS(=O)(=O)Cc5ccccc5)c4F)c3c2)cn1. The van der Waals surface area contributed by atoms with Crippen LogP contribution < -0.4 is 9.46 Å². The third kappa shape index (κ3) is 4.93. The summed E-state index contributed by atoms with van der Waals surface area (Å²) in [5.74, 6) is -3.88. The number of sulfonamides is 1. The first-order valence-electron chi connectivity index (χ1n) is 11.2. The third-order valence-corrected chi connectivity index (χ3v) is 6.95. The molecule has 2 N–H and O–H groups in total. The Bertz CT molecular complexity index is 1760. The molecule has 5 rings (SSSR count). The van der Waals surface area contributed by atoms with Gasteiger partial charge in [0.1, 0.15) is 11.5 Å². The molecule has 9 nitrogen and oxygen atoms in total. The lowest BCUT2D eigenvalue weighted by Crippen LogP contribution is -2.18. The molecular weight excluding hydrogens is 516 g/mol. The Balaban J connectivity index is 1.49. The lowest BCUT2D eigenvalue weighted by molar-refractivity contribution is 0.103. The van der Waals surface area contributed by atoms with E-state index in [2.05, 4.69) is 24.7 Å². The molecule has 0 saturated heterocycles. The number of H-pyrrole nitrogens is 1. The summed E-state index contributed by atoms with van der Waals surface area (Å²) in [7, 11) is -2.62. The number of anilines is 1. The summed E-state index contributed by atoms with van der Waals surface area (Å²) in [4.78, 5) is 28.5. The number of halogens is 2. The number of fused-ring (bicyclic) bond motifs is 1. The molecule has 0 aliphatic carbocycles. The van der Waals surface area contributed by atoms with Crippen LogP contribution in [0.1, 0.15) is 21.5 Å². The van der Waals surface area contributed by atoms with Gasteiger partial charge in [-0.05, 0) is 23.8 Å². The number of carbonyl (C=O) groups excluding carboxylic acids is 1. The maximum absolute atomic E-state index is 15.4. The van der Waals surface area contributed by atoms with E-state index in [1.807, 2.05) is 0 Å². The fourth-order valence-electron chi connectivity index (χ4n) is 3.89. The fourth-order valence-corrected chi connectivity index (χ4v) is 5.09. The number of ketones is 1. The summed E-state index contributed by atoms with van der Waals surface area (Å²) in [6.07, 6.45) is 5.83. The lowest BCUT2D eigenvalue weighted by Gasteiger charge is -2.12. The number of aromatic nitrogens is 4. The van der Waals surface area contributed by atoms with Crippen molar-refractivity contribution in [3.63, 3.8) is 0 Å². The second-order valence-corrected chi connectivity index (χ2v) is 9.96. The van der Waals surface area contributed by atoms with Crippen molar-refractivity contribution in [2.24, 2.45) is 0 Å². The molecule has 0 radical (unpaired) electrons. The van der Waals surface area contributed by atoms with Gasteiger partial charge in [-0.2, -0.15) is 0 Å². The number of rotatable bonds is 8. The number of pyridine rings is 1. The predicted molar refractivity (Wildman–Crippen MR) is 136 cm³/mol. The van der Waals surface area contributed by atoms with Gasteiger partial charge in [-0.15, -0.1) is 0 Å². The van der Waals surface area contributed by atoms with Gasteiger partial charge in [-0.25, -0.2) is 32.2 Å². The van der Waals surface area contributed by atoms with Gasteiger partial charge in [0, 0.05) is 46.9 Å². The highest BCUT2D eigenvalue weighted by Crippen LogP contribution is 2.29. The minimum absolute atomic E-state index is 0.0501. The van der Waals surface area contributed by atoms with Crippen molar-refractivity contribution in [3.05, 3.63) is 102 Å². The molecular formula is C26H19F2N5O4S. The lowest BCUT2D eigenvalue weighted by atomic mass is 10.0. The van der Waals surface area contributed by atoms with Crippen molar-refractivity contribution in [2.45, 2.75) is 5.75 Å². The van der Waals surface area contributed by atoms with Crippen LogP contribution in [0.5, 0.6) is 6.01 Å². The smallest absolute Gasteiger partial charge is 0.316 e. The average Bonchev–Trinajstić information content (AvgIpc) is 3.34. The zero-order chi connectivity index (χ0) is 26.9. The molecule has 3 aromatic heterocycles. The molecule has 0 spiro atoms.